The van der Waals surface area contributed by atoms with Crippen LogP contribution in [-0.4, -0.2) is 29.2 Å². The number of H-pyrrole nitrogens is 1. The molecule has 2 aromatic rings. The molecule has 0 aliphatic carbocycles. The molecule has 5 heteroatoms. The van der Waals surface area contributed by atoms with Gasteiger partial charge in [-0.15, -0.1) is 0 Å². The Balaban J connectivity index is 1.60. The van der Waals surface area contributed by atoms with Gasteiger partial charge in [-0.05, 0) is 37.9 Å². The van der Waals surface area contributed by atoms with E-state index in [1.165, 1.54) is 19.3 Å². The summed E-state index contributed by atoms with van der Waals surface area (Å²) in [5, 5.41) is 4.41. The zero-order valence-electron chi connectivity index (χ0n) is 11.4. The highest BCUT2D eigenvalue weighted by molar-refractivity contribution is 5.78. The highest BCUT2D eigenvalue weighted by Gasteiger charge is 2.12. The lowest BCUT2D eigenvalue weighted by molar-refractivity contribution is 0.268. The van der Waals surface area contributed by atoms with Crippen LogP contribution >= 0.6 is 0 Å². The molecule has 0 amide bonds. The number of nitrogens with zero attached hydrogens (tertiary/aromatic N) is 1. The van der Waals surface area contributed by atoms with E-state index in [0.29, 0.717) is 12.6 Å². The van der Waals surface area contributed by atoms with Crippen molar-refractivity contribution in [3.8, 4) is 5.75 Å². The Kier molecular flexibility index (Phi) is 3.97. The minimum atomic E-state index is -0.332. The highest BCUT2D eigenvalue weighted by atomic mass is 16.5. The molecule has 2 N–H and O–H groups in total. The molecule has 3 rings (SSSR count). The number of aromatic amines is 1. The fraction of sp³-hybridized carbons (Fsp3) is 0.467. The van der Waals surface area contributed by atoms with E-state index >= 15 is 0 Å². The summed E-state index contributed by atoms with van der Waals surface area (Å²) < 4.78 is 5.77. The monoisotopic (exact) mass is 273 g/mol. The molecule has 0 spiro atoms. The van der Waals surface area contributed by atoms with Crippen molar-refractivity contribution in [1.82, 2.24) is 15.3 Å². The van der Waals surface area contributed by atoms with Gasteiger partial charge in [-0.25, -0.2) is 9.78 Å². The van der Waals surface area contributed by atoms with Crippen molar-refractivity contribution in [2.75, 3.05) is 13.2 Å². The molecule has 0 bridgehead atoms. The third-order valence-electron chi connectivity index (χ3n) is 3.73. The number of rotatable bonds is 4. The quantitative estimate of drug-likeness (QED) is 0.892. The SMILES string of the molecule is O=c1ncc2ccc(OCCC3CCCCN3)cc2[nH]1. The molecule has 5 nitrogen and oxygen atoms in total. The molecule has 106 valence electrons. The van der Waals surface area contributed by atoms with Gasteiger partial charge in [0.25, 0.3) is 0 Å². The Morgan fingerprint density at radius 3 is 3.15 bits per heavy atom. The fourth-order valence-corrected chi connectivity index (χ4v) is 2.61. The van der Waals surface area contributed by atoms with Crippen molar-refractivity contribution in [2.45, 2.75) is 31.7 Å². The van der Waals surface area contributed by atoms with Crippen molar-refractivity contribution < 1.29 is 4.74 Å². The molecule has 1 aliphatic rings. The number of hydrogen-bond acceptors (Lipinski definition) is 4. The lowest BCUT2D eigenvalue weighted by Crippen LogP contribution is -2.35. The third kappa shape index (κ3) is 3.17. The number of benzene rings is 1. The number of piperidine rings is 1. The maximum absolute atomic E-state index is 11.2. The molecule has 1 aromatic carbocycles. The van der Waals surface area contributed by atoms with Gasteiger partial charge in [0.2, 0.25) is 0 Å². The van der Waals surface area contributed by atoms with E-state index in [1.807, 2.05) is 18.2 Å². The Morgan fingerprint density at radius 1 is 1.35 bits per heavy atom. The summed E-state index contributed by atoms with van der Waals surface area (Å²) in [6.45, 7) is 1.81. The number of hydrogen-bond donors (Lipinski definition) is 2. The summed E-state index contributed by atoms with van der Waals surface area (Å²) in [7, 11) is 0. The first-order valence-corrected chi connectivity index (χ1v) is 7.16. The van der Waals surface area contributed by atoms with Gasteiger partial charge in [0.1, 0.15) is 5.75 Å². The van der Waals surface area contributed by atoms with Crippen molar-refractivity contribution in [2.24, 2.45) is 0 Å². The van der Waals surface area contributed by atoms with E-state index in [0.717, 1.165) is 29.6 Å². The number of fused-ring (bicyclic) bond motifs is 1. The van der Waals surface area contributed by atoms with Crippen molar-refractivity contribution in [3.63, 3.8) is 0 Å². The normalized spacial score (nSPS) is 19.1. The summed E-state index contributed by atoms with van der Waals surface area (Å²) >= 11 is 0. The Hall–Kier alpha value is -1.88. The molecule has 1 saturated heterocycles. The summed E-state index contributed by atoms with van der Waals surface area (Å²) in [4.78, 5) is 17.6. The lowest BCUT2D eigenvalue weighted by atomic mass is 10.0. The zero-order chi connectivity index (χ0) is 13.8. The Bertz CT molecular complexity index is 632. The molecule has 2 heterocycles. The van der Waals surface area contributed by atoms with Crippen LogP contribution < -0.4 is 15.7 Å². The molecule has 0 radical (unpaired) electrons. The lowest BCUT2D eigenvalue weighted by Gasteiger charge is -2.23. The van der Waals surface area contributed by atoms with Crippen LogP contribution in [0.1, 0.15) is 25.7 Å². The molecule has 0 saturated carbocycles. The van der Waals surface area contributed by atoms with Crippen molar-refractivity contribution in [1.29, 1.82) is 0 Å². The molecule has 1 atom stereocenters. The van der Waals surface area contributed by atoms with Gasteiger partial charge in [-0.3, -0.25) is 0 Å². The van der Waals surface area contributed by atoms with Crippen LogP contribution in [0.15, 0.2) is 29.2 Å². The van der Waals surface area contributed by atoms with Crippen LogP contribution in [-0.2, 0) is 0 Å². The van der Waals surface area contributed by atoms with E-state index in [9.17, 15) is 4.79 Å². The van der Waals surface area contributed by atoms with Crippen LogP contribution in [0.5, 0.6) is 5.75 Å². The molecule has 20 heavy (non-hydrogen) atoms. The Morgan fingerprint density at radius 2 is 2.30 bits per heavy atom. The van der Waals surface area contributed by atoms with Gasteiger partial charge in [-0.2, -0.15) is 0 Å². The topological polar surface area (TPSA) is 67.0 Å². The average Bonchev–Trinajstić information content (AvgIpc) is 2.48. The van der Waals surface area contributed by atoms with E-state index in [2.05, 4.69) is 15.3 Å². The summed E-state index contributed by atoms with van der Waals surface area (Å²) in [5.41, 5.74) is 0.430. The minimum Gasteiger partial charge on any atom is -0.493 e. The fourth-order valence-electron chi connectivity index (χ4n) is 2.61. The highest BCUT2D eigenvalue weighted by Crippen LogP contribution is 2.18. The zero-order valence-corrected chi connectivity index (χ0v) is 11.4. The van der Waals surface area contributed by atoms with Crippen LogP contribution in [0.3, 0.4) is 0 Å². The van der Waals surface area contributed by atoms with Crippen LogP contribution in [0.2, 0.25) is 0 Å². The van der Waals surface area contributed by atoms with Gasteiger partial charge in [-0.1, -0.05) is 6.42 Å². The van der Waals surface area contributed by atoms with E-state index in [-0.39, 0.29) is 5.69 Å². The van der Waals surface area contributed by atoms with Gasteiger partial charge in [0, 0.05) is 23.7 Å². The number of ether oxygens (including phenoxy) is 1. The maximum atomic E-state index is 11.2. The van der Waals surface area contributed by atoms with Gasteiger partial charge in [0.05, 0.1) is 12.1 Å². The van der Waals surface area contributed by atoms with Gasteiger partial charge >= 0.3 is 5.69 Å². The molecule has 1 unspecified atom stereocenters. The summed E-state index contributed by atoms with van der Waals surface area (Å²) in [5.74, 6) is 0.787. The van der Waals surface area contributed by atoms with Crippen LogP contribution in [0, 0.1) is 0 Å². The number of nitrogens with one attached hydrogen (secondary N) is 2. The van der Waals surface area contributed by atoms with E-state index in [4.69, 9.17) is 4.74 Å². The minimum absolute atomic E-state index is 0.332. The third-order valence-corrected chi connectivity index (χ3v) is 3.73. The maximum Gasteiger partial charge on any atom is 0.345 e. The first-order valence-electron chi connectivity index (χ1n) is 7.16. The van der Waals surface area contributed by atoms with Crippen LogP contribution in [0.25, 0.3) is 10.9 Å². The van der Waals surface area contributed by atoms with Crippen LogP contribution in [0.4, 0.5) is 0 Å². The molecular weight excluding hydrogens is 254 g/mol. The largest absolute Gasteiger partial charge is 0.493 e. The Labute approximate surface area is 117 Å². The summed E-state index contributed by atoms with van der Waals surface area (Å²) in [6.07, 6.45) is 6.42. The molecule has 1 fully saturated rings. The predicted molar refractivity (Wildman–Crippen MR) is 78.1 cm³/mol. The summed E-state index contributed by atoms with van der Waals surface area (Å²) in [6, 6.07) is 6.25. The average molecular weight is 273 g/mol. The molecule has 1 aromatic heterocycles. The second kappa shape index (κ2) is 6.05. The first kappa shape index (κ1) is 13.1. The predicted octanol–water partition coefficient (Wildman–Crippen LogP) is 1.83. The van der Waals surface area contributed by atoms with Gasteiger partial charge in [0.15, 0.2) is 0 Å². The second-order valence-corrected chi connectivity index (χ2v) is 5.22. The molecular formula is C15H19N3O2. The van der Waals surface area contributed by atoms with E-state index < -0.39 is 0 Å². The standard InChI is InChI=1S/C15H19N3O2/c19-15-17-10-11-4-5-13(9-14(11)18-15)20-8-6-12-3-1-2-7-16-12/h4-5,9-10,12,16H,1-3,6-8H2,(H,17,18,19). The second-order valence-electron chi connectivity index (χ2n) is 5.22. The van der Waals surface area contributed by atoms with Crippen molar-refractivity contribution >= 4 is 10.9 Å². The number of aromatic nitrogens is 2. The smallest absolute Gasteiger partial charge is 0.345 e. The first-order chi connectivity index (χ1) is 9.81. The van der Waals surface area contributed by atoms with Crippen molar-refractivity contribution in [3.05, 3.63) is 34.9 Å². The molecule has 1 aliphatic heterocycles. The van der Waals surface area contributed by atoms with Gasteiger partial charge < -0.3 is 15.0 Å². The van der Waals surface area contributed by atoms with E-state index in [1.54, 1.807) is 6.20 Å².